The lowest BCUT2D eigenvalue weighted by atomic mass is 10.0. The Morgan fingerprint density at radius 2 is 2.33 bits per heavy atom. The van der Waals surface area contributed by atoms with E-state index in [4.69, 9.17) is 22.1 Å². The zero-order chi connectivity index (χ0) is 13.1. The zero-order valence-corrected chi connectivity index (χ0v) is 11.1. The summed E-state index contributed by atoms with van der Waals surface area (Å²) < 4.78 is 5.31. The van der Waals surface area contributed by atoms with Gasteiger partial charge in [0, 0.05) is 12.3 Å². The van der Waals surface area contributed by atoms with Crippen LogP contribution in [-0.4, -0.2) is 19.1 Å². The fourth-order valence-corrected chi connectivity index (χ4v) is 2.18. The molecule has 98 valence electrons. The van der Waals surface area contributed by atoms with Gasteiger partial charge < -0.3 is 15.8 Å². The summed E-state index contributed by atoms with van der Waals surface area (Å²) in [6.07, 6.45) is 1.80. The van der Waals surface area contributed by atoms with Gasteiger partial charge in [0.25, 0.3) is 0 Å². The molecule has 1 unspecified atom stereocenters. The van der Waals surface area contributed by atoms with Crippen molar-refractivity contribution in [2.75, 3.05) is 24.3 Å². The lowest BCUT2D eigenvalue weighted by molar-refractivity contribution is -0.123. The lowest BCUT2D eigenvalue weighted by Crippen LogP contribution is -2.30. The highest BCUT2D eigenvalue weighted by atomic mass is 35.5. The van der Waals surface area contributed by atoms with Crippen molar-refractivity contribution in [3.05, 3.63) is 22.7 Å². The molecule has 1 saturated heterocycles. The quantitative estimate of drug-likeness (QED) is 0.811. The molecule has 1 aromatic carbocycles. The molecule has 1 amide bonds. The fraction of sp³-hybridized carbons (Fsp3) is 0.462. The maximum absolute atomic E-state index is 12.1. The van der Waals surface area contributed by atoms with Gasteiger partial charge in [-0.2, -0.15) is 0 Å². The molecule has 0 bridgehead atoms. The average Bonchev–Trinajstić information content (AvgIpc) is 2.37. The minimum absolute atomic E-state index is 0.0151. The highest BCUT2D eigenvalue weighted by Crippen LogP contribution is 2.27. The van der Waals surface area contributed by atoms with Crippen LogP contribution in [0.4, 0.5) is 11.4 Å². The van der Waals surface area contributed by atoms with Crippen molar-refractivity contribution in [1.82, 2.24) is 0 Å². The number of aryl methyl sites for hydroxylation is 1. The second kappa shape index (κ2) is 5.59. The van der Waals surface area contributed by atoms with E-state index in [1.54, 1.807) is 12.1 Å². The number of nitrogens with one attached hydrogen (secondary N) is 1. The largest absolute Gasteiger partial charge is 0.398 e. The Hall–Kier alpha value is -1.26. The van der Waals surface area contributed by atoms with Crippen molar-refractivity contribution in [2.24, 2.45) is 5.92 Å². The first kappa shape index (κ1) is 13.2. The smallest absolute Gasteiger partial charge is 0.229 e. The van der Waals surface area contributed by atoms with Crippen molar-refractivity contribution in [2.45, 2.75) is 19.8 Å². The number of carbonyl (C=O) groups excluding carboxylic acids is 1. The van der Waals surface area contributed by atoms with Crippen LogP contribution in [0.1, 0.15) is 18.4 Å². The molecule has 1 atom stereocenters. The maximum Gasteiger partial charge on any atom is 0.229 e. The SMILES string of the molecule is Cc1cc(N)c(Cl)cc1NC(=O)C1CCCOC1. The third kappa shape index (κ3) is 2.94. The molecule has 5 heteroatoms. The van der Waals surface area contributed by atoms with E-state index < -0.39 is 0 Å². The normalized spacial score (nSPS) is 19.6. The van der Waals surface area contributed by atoms with Gasteiger partial charge >= 0.3 is 0 Å². The number of anilines is 2. The summed E-state index contributed by atoms with van der Waals surface area (Å²) in [6, 6.07) is 3.45. The minimum Gasteiger partial charge on any atom is -0.398 e. The first-order valence-corrected chi connectivity index (χ1v) is 6.40. The predicted octanol–water partition coefficient (Wildman–Crippen LogP) is 2.60. The molecule has 0 aliphatic carbocycles. The number of ether oxygens (including phenoxy) is 1. The van der Waals surface area contributed by atoms with Crippen LogP contribution in [-0.2, 0) is 9.53 Å². The number of hydrogen-bond acceptors (Lipinski definition) is 3. The van der Waals surface area contributed by atoms with E-state index in [1.165, 1.54) is 0 Å². The van der Waals surface area contributed by atoms with E-state index in [1.807, 2.05) is 6.92 Å². The van der Waals surface area contributed by atoms with Gasteiger partial charge in [-0.05, 0) is 37.5 Å². The molecule has 4 nitrogen and oxygen atoms in total. The maximum atomic E-state index is 12.1. The first-order valence-electron chi connectivity index (χ1n) is 6.02. The lowest BCUT2D eigenvalue weighted by Gasteiger charge is -2.21. The Labute approximate surface area is 111 Å². The van der Waals surface area contributed by atoms with E-state index in [2.05, 4.69) is 5.32 Å². The molecule has 1 fully saturated rings. The van der Waals surface area contributed by atoms with Gasteiger partial charge in [-0.1, -0.05) is 11.6 Å². The van der Waals surface area contributed by atoms with E-state index in [-0.39, 0.29) is 11.8 Å². The standard InChI is InChI=1S/C13H17ClN2O2/c1-8-5-11(15)10(14)6-12(8)16-13(17)9-3-2-4-18-7-9/h5-6,9H,2-4,7,15H2,1H3,(H,16,17). The number of hydrogen-bond donors (Lipinski definition) is 2. The first-order chi connectivity index (χ1) is 8.58. The van der Waals surface area contributed by atoms with Crippen molar-refractivity contribution >= 4 is 28.9 Å². The third-order valence-electron chi connectivity index (χ3n) is 3.13. The average molecular weight is 269 g/mol. The van der Waals surface area contributed by atoms with Crippen LogP contribution in [0, 0.1) is 12.8 Å². The van der Waals surface area contributed by atoms with Crippen LogP contribution < -0.4 is 11.1 Å². The summed E-state index contributed by atoms with van der Waals surface area (Å²) in [5, 5.41) is 3.34. The van der Waals surface area contributed by atoms with E-state index >= 15 is 0 Å². The van der Waals surface area contributed by atoms with Crippen LogP contribution in [0.5, 0.6) is 0 Å². The van der Waals surface area contributed by atoms with Gasteiger partial charge in [0.15, 0.2) is 0 Å². The molecule has 1 heterocycles. The summed E-state index contributed by atoms with van der Waals surface area (Å²) in [7, 11) is 0. The van der Waals surface area contributed by atoms with Crippen LogP contribution in [0.15, 0.2) is 12.1 Å². The number of benzene rings is 1. The van der Waals surface area contributed by atoms with Crippen LogP contribution >= 0.6 is 11.6 Å². The molecule has 1 aliphatic heterocycles. The van der Waals surface area contributed by atoms with Crippen molar-refractivity contribution < 1.29 is 9.53 Å². The van der Waals surface area contributed by atoms with Gasteiger partial charge in [0.05, 0.1) is 23.2 Å². The Morgan fingerprint density at radius 3 is 3.00 bits per heavy atom. The van der Waals surface area contributed by atoms with Crippen LogP contribution in [0.3, 0.4) is 0 Å². The topological polar surface area (TPSA) is 64.3 Å². The number of amides is 1. The highest BCUT2D eigenvalue weighted by molar-refractivity contribution is 6.33. The number of carbonyl (C=O) groups is 1. The van der Waals surface area contributed by atoms with E-state index in [0.717, 1.165) is 25.0 Å². The Bertz CT molecular complexity index is 457. The number of rotatable bonds is 2. The summed E-state index contributed by atoms with van der Waals surface area (Å²) in [4.78, 5) is 12.1. The third-order valence-corrected chi connectivity index (χ3v) is 3.46. The Morgan fingerprint density at radius 1 is 1.56 bits per heavy atom. The molecule has 1 aromatic rings. The Kier molecular flexibility index (Phi) is 4.09. The Balaban J connectivity index is 2.08. The summed E-state index contributed by atoms with van der Waals surface area (Å²) in [6.45, 7) is 3.13. The second-order valence-electron chi connectivity index (χ2n) is 4.59. The molecule has 18 heavy (non-hydrogen) atoms. The summed E-state index contributed by atoms with van der Waals surface area (Å²) in [5.74, 6) is -0.0897. The molecule has 2 rings (SSSR count). The fourth-order valence-electron chi connectivity index (χ4n) is 2.02. The molecule has 0 aromatic heterocycles. The number of halogens is 1. The van der Waals surface area contributed by atoms with Gasteiger partial charge in [0.2, 0.25) is 5.91 Å². The molecular formula is C13H17ClN2O2. The molecule has 0 radical (unpaired) electrons. The van der Waals surface area contributed by atoms with E-state index in [9.17, 15) is 4.79 Å². The molecular weight excluding hydrogens is 252 g/mol. The molecule has 1 aliphatic rings. The van der Waals surface area contributed by atoms with Gasteiger partial charge in [0.1, 0.15) is 0 Å². The highest BCUT2D eigenvalue weighted by Gasteiger charge is 2.22. The van der Waals surface area contributed by atoms with Gasteiger partial charge in [-0.15, -0.1) is 0 Å². The van der Waals surface area contributed by atoms with E-state index in [0.29, 0.717) is 23.0 Å². The number of nitrogen functional groups attached to an aromatic ring is 1. The minimum atomic E-state index is -0.0746. The van der Waals surface area contributed by atoms with Gasteiger partial charge in [-0.3, -0.25) is 4.79 Å². The van der Waals surface area contributed by atoms with Crippen molar-refractivity contribution in [1.29, 1.82) is 0 Å². The van der Waals surface area contributed by atoms with Gasteiger partial charge in [-0.25, -0.2) is 0 Å². The predicted molar refractivity (Wildman–Crippen MR) is 72.8 cm³/mol. The van der Waals surface area contributed by atoms with Crippen molar-refractivity contribution in [3.63, 3.8) is 0 Å². The van der Waals surface area contributed by atoms with Crippen molar-refractivity contribution in [3.8, 4) is 0 Å². The summed E-state index contributed by atoms with van der Waals surface area (Å²) >= 11 is 5.95. The molecule has 3 N–H and O–H groups in total. The molecule has 0 spiro atoms. The monoisotopic (exact) mass is 268 g/mol. The van der Waals surface area contributed by atoms with Crippen LogP contribution in [0.2, 0.25) is 5.02 Å². The number of nitrogens with two attached hydrogens (primary N) is 1. The van der Waals surface area contributed by atoms with Crippen LogP contribution in [0.25, 0.3) is 0 Å². The zero-order valence-electron chi connectivity index (χ0n) is 10.3. The summed E-state index contributed by atoms with van der Waals surface area (Å²) in [5.41, 5.74) is 7.84. The second-order valence-corrected chi connectivity index (χ2v) is 5.00. The molecule has 0 saturated carbocycles.